The van der Waals surface area contributed by atoms with Crippen LogP contribution in [0.25, 0.3) is 0 Å². The Kier molecular flexibility index (Phi) is 5.20. The fourth-order valence-electron chi connectivity index (χ4n) is 3.11. The molecule has 0 unspecified atom stereocenters. The maximum Gasteiger partial charge on any atom is 0.240 e. The van der Waals surface area contributed by atoms with E-state index in [2.05, 4.69) is 4.72 Å². The molecule has 5 nitrogen and oxygen atoms in total. The summed E-state index contributed by atoms with van der Waals surface area (Å²) in [4.78, 5) is 13.9. The van der Waals surface area contributed by atoms with Crippen LogP contribution in [0.4, 0.5) is 5.69 Å². The lowest BCUT2D eigenvalue weighted by atomic mass is 10.0. The predicted octanol–water partition coefficient (Wildman–Crippen LogP) is 2.51. The van der Waals surface area contributed by atoms with Crippen molar-refractivity contribution in [3.8, 4) is 0 Å². The maximum absolute atomic E-state index is 12.5. The number of rotatable bonds is 6. The average Bonchev–Trinajstić information content (AvgIpc) is 2.62. The lowest BCUT2D eigenvalue weighted by molar-refractivity contribution is -0.118. The van der Waals surface area contributed by atoms with Gasteiger partial charge in [0.05, 0.1) is 4.90 Å². The van der Waals surface area contributed by atoms with Crippen LogP contribution in [0.5, 0.6) is 0 Å². The van der Waals surface area contributed by atoms with Gasteiger partial charge in [-0.15, -0.1) is 0 Å². The molecule has 0 atom stereocenters. The molecule has 0 fully saturated rings. The fraction of sp³-hybridized carbons (Fsp3) is 0.316. The minimum atomic E-state index is -3.56. The van der Waals surface area contributed by atoms with Gasteiger partial charge in [-0.3, -0.25) is 4.79 Å². The molecule has 2 aromatic rings. The van der Waals surface area contributed by atoms with E-state index in [0.717, 1.165) is 16.8 Å². The van der Waals surface area contributed by atoms with Crippen LogP contribution in [-0.4, -0.2) is 27.4 Å². The number of aryl methyl sites for hydroxylation is 1. The highest BCUT2D eigenvalue weighted by Crippen LogP contribution is 2.29. The highest BCUT2D eigenvalue weighted by molar-refractivity contribution is 7.89. The molecule has 1 N–H and O–H groups in total. The molecule has 132 valence electrons. The van der Waals surface area contributed by atoms with E-state index in [-0.39, 0.29) is 10.8 Å². The zero-order valence-electron chi connectivity index (χ0n) is 14.2. The van der Waals surface area contributed by atoms with Gasteiger partial charge in [-0.1, -0.05) is 30.3 Å². The Hall–Kier alpha value is -2.18. The summed E-state index contributed by atoms with van der Waals surface area (Å²) in [6, 6.07) is 14.8. The zero-order valence-corrected chi connectivity index (χ0v) is 15.1. The van der Waals surface area contributed by atoms with Gasteiger partial charge in [0, 0.05) is 25.2 Å². The lowest BCUT2D eigenvalue weighted by Crippen LogP contribution is -2.35. The number of hydrogen-bond donors (Lipinski definition) is 1. The summed E-state index contributed by atoms with van der Waals surface area (Å²) in [7, 11) is -3.56. The van der Waals surface area contributed by atoms with Crippen LogP contribution in [0.1, 0.15) is 24.5 Å². The van der Waals surface area contributed by atoms with E-state index in [1.807, 2.05) is 37.3 Å². The van der Waals surface area contributed by atoms with Gasteiger partial charge in [0.2, 0.25) is 15.9 Å². The van der Waals surface area contributed by atoms with E-state index in [1.165, 1.54) is 0 Å². The molecule has 1 heterocycles. The first kappa shape index (κ1) is 17.6. The third-order valence-corrected chi connectivity index (χ3v) is 5.88. The summed E-state index contributed by atoms with van der Waals surface area (Å²) < 4.78 is 27.7. The number of benzene rings is 2. The molecule has 0 saturated carbocycles. The number of hydrogen-bond acceptors (Lipinski definition) is 3. The molecule has 0 bridgehead atoms. The van der Waals surface area contributed by atoms with Crippen LogP contribution >= 0.6 is 0 Å². The Morgan fingerprint density at radius 2 is 1.84 bits per heavy atom. The minimum Gasteiger partial charge on any atom is -0.312 e. The predicted molar refractivity (Wildman–Crippen MR) is 98.1 cm³/mol. The van der Waals surface area contributed by atoms with Crippen molar-refractivity contribution < 1.29 is 13.2 Å². The Bertz CT molecular complexity index is 863. The first-order chi connectivity index (χ1) is 12.0. The van der Waals surface area contributed by atoms with Crippen molar-refractivity contribution in [1.29, 1.82) is 0 Å². The normalized spacial score (nSPS) is 14.4. The summed E-state index contributed by atoms with van der Waals surface area (Å²) in [5.41, 5.74) is 2.82. The third-order valence-electron chi connectivity index (χ3n) is 4.43. The number of nitrogens with one attached hydrogen (secondary N) is 1. The van der Waals surface area contributed by atoms with Gasteiger partial charge in [-0.05, 0) is 49.1 Å². The number of anilines is 1. The number of sulfonamides is 1. The molecule has 0 spiro atoms. The van der Waals surface area contributed by atoms with E-state index < -0.39 is 10.0 Å². The topological polar surface area (TPSA) is 66.5 Å². The van der Waals surface area contributed by atoms with Crippen molar-refractivity contribution in [2.24, 2.45) is 0 Å². The molecule has 0 aliphatic carbocycles. The molecule has 0 aromatic heterocycles. The van der Waals surface area contributed by atoms with E-state index in [0.29, 0.717) is 32.4 Å². The van der Waals surface area contributed by atoms with Gasteiger partial charge in [0.1, 0.15) is 0 Å². The molecule has 1 aliphatic rings. The number of carbonyl (C=O) groups is 1. The molecule has 1 amide bonds. The van der Waals surface area contributed by atoms with Crippen molar-refractivity contribution >= 4 is 21.6 Å². The minimum absolute atomic E-state index is 0.0894. The summed E-state index contributed by atoms with van der Waals surface area (Å²) >= 11 is 0. The molecule has 6 heteroatoms. The molecule has 25 heavy (non-hydrogen) atoms. The standard InChI is InChI=1S/C19H22N2O3S/c1-2-21-18-10-9-17(14-16(18)8-11-19(21)22)25(23,24)20-13-12-15-6-4-3-5-7-15/h3-7,9-10,14,20H,2,8,11-13H2,1H3. The number of amides is 1. The fourth-order valence-corrected chi connectivity index (χ4v) is 4.19. The van der Waals surface area contributed by atoms with Crippen molar-refractivity contribution in [2.45, 2.75) is 31.1 Å². The maximum atomic E-state index is 12.5. The first-order valence-electron chi connectivity index (χ1n) is 8.48. The molecule has 1 aliphatic heterocycles. The van der Waals surface area contributed by atoms with Crippen LogP contribution in [0.3, 0.4) is 0 Å². The van der Waals surface area contributed by atoms with E-state index in [9.17, 15) is 13.2 Å². The molecular formula is C19H22N2O3S. The van der Waals surface area contributed by atoms with Gasteiger partial charge in [0.25, 0.3) is 0 Å². The Morgan fingerprint density at radius 3 is 2.56 bits per heavy atom. The second kappa shape index (κ2) is 7.37. The molecule has 0 radical (unpaired) electrons. The van der Waals surface area contributed by atoms with Crippen molar-refractivity contribution in [3.63, 3.8) is 0 Å². The SMILES string of the molecule is CCN1C(=O)CCc2cc(S(=O)(=O)NCCc3ccccc3)ccc21. The number of fused-ring (bicyclic) bond motifs is 1. The van der Waals surface area contributed by atoms with Gasteiger partial charge in [-0.25, -0.2) is 13.1 Å². The van der Waals surface area contributed by atoms with Crippen molar-refractivity contribution in [3.05, 3.63) is 59.7 Å². The average molecular weight is 358 g/mol. The van der Waals surface area contributed by atoms with Gasteiger partial charge >= 0.3 is 0 Å². The van der Waals surface area contributed by atoms with Crippen LogP contribution in [-0.2, 0) is 27.7 Å². The lowest BCUT2D eigenvalue weighted by Gasteiger charge is -2.28. The highest BCUT2D eigenvalue weighted by atomic mass is 32.2. The quantitative estimate of drug-likeness (QED) is 0.863. The van der Waals surface area contributed by atoms with E-state index in [4.69, 9.17) is 0 Å². The molecule has 0 saturated heterocycles. The zero-order chi connectivity index (χ0) is 17.9. The number of carbonyl (C=O) groups excluding carboxylic acids is 1. The van der Waals surface area contributed by atoms with E-state index >= 15 is 0 Å². The molecular weight excluding hydrogens is 336 g/mol. The van der Waals surface area contributed by atoms with Gasteiger partial charge in [0.15, 0.2) is 0 Å². The number of nitrogens with zero attached hydrogens (tertiary/aromatic N) is 1. The van der Waals surface area contributed by atoms with Crippen LogP contribution in [0.2, 0.25) is 0 Å². The Morgan fingerprint density at radius 1 is 1.08 bits per heavy atom. The van der Waals surface area contributed by atoms with Crippen molar-refractivity contribution in [1.82, 2.24) is 4.72 Å². The third kappa shape index (κ3) is 3.91. The second-order valence-electron chi connectivity index (χ2n) is 6.06. The van der Waals surface area contributed by atoms with Crippen molar-refractivity contribution in [2.75, 3.05) is 18.0 Å². The van der Waals surface area contributed by atoms with Crippen LogP contribution in [0.15, 0.2) is 53.4 Å². The Labute approximate surface area is 148 Å². The van der Waals surface area contributed by atoms with Crippen LogP contribution in [0, 0.1) is 0 Å². The summed E-state index contributed by atoms with van der Waals surface area (Å²) in [6.45, 7) is 2.86. The largest absolute Gasteiger partial charge is 0.312 e. The van der Waals surface area contributed by atoms with Gasteiger partial charge in [-0.2, -0.15) is 0 Å². The first-order valence-corrected chi connectivity index (χ1v) is 9.96. The van der Waals surface area contributed by atoms with Crippen LogP contribution < -0.4 is 9.62 Å². The summed E-state index contributed by atoms with van der Waals surface area (Å²) in [5, 5.41) is 0. The monoisotopic (exact) mass is 358 g/mol. The Balaban J connectivity index is 1.73. The summed E-state index contributed by atoms with van der Waals surface area (Å²) in [6.07, 6.45) is 1.65. The highest BCUT2D eigenvalue weighted by Gasteiger charge is 2.24. The second-order valence-corrected chi connectivity index (χ2v) is 7.83. The van der Waals surface area contributed by atoms with E-state index in [1.54, 1.807) is 23.1 Å². The van der Waals surface area contributed by atoms with Gasteiger partial charge < -0.3 is 4.90 Å². The smallest absolute Gasteiger partial charge is 0.240 e. The molecule has 3 rings (SSSR count). The molecule has 2 aromatic carbocycles. The summed E-state index contributed by atoms with van der Waals surface area (Å²) in [5.74, 6) is 0.0894.